The molecule has 1 rings (SSSR count). The maximum atomic E-state index is 12.2. The molecule has 2 atom stereocenters. The van der Waals surface area contributed by atoms with Gasteiger partial charge in [-0.05, 0) is 61.3 Å². The van der Waals surface area contributed by atoms with Crippen LogP contribution in [0, 0.1) is 0 Å². The Morgan fingerprint density at radius 2 is 1.74 bits per heavy atom. The Hall–Kier alpha value is -1.61. The van der Waals surface area contributed by atoms with E-state index in [0.717, 1.165) is 11.4 Å². The third kappa shape index (κ3) is 7.88. The van der Waals surface area contributed by atoms with E-state index in [4.69, 9.17) is 35.4 Å². The van der Waals surface area contributed by atoms with Gasteiger partial charge in [-0.25, -0.2) is 4.79 Å². The van der Waals surface area contributed by atoms with Crippen molar-refractivity contribution in [3.8, 4) is 5.75 Å². The van der Waals surface area contributed by atoms with Crippen LogP contribution in [0.4, 0.5) is 0 Å². The summed E-state index contributed by atoms with van der Waals surface area (Å²) in [6.45, 7) is 3.64. The fraction of sp³-hybridized carbons (Fsp3) is 0.438. The Morgan fingerprint density at radius 1 is 1.15 bits per heavy atom. The van der Waals surface area contributed by atoms with Crippen molar-refractivity contribution in [3.05, 3.63) is 29.8 Å². The standard InChI is InChI=1S/C16H21O8PS2/c1-4-22-14(17)10-13(16(20)23-5-2)27-25(26,21-3)24-12-8-6-11(7-9-12)15(18)19/h6-9,13H,4-5,10H2,1-3H3,(H,18,19). The zero-order chi connectivity index (χ0) is 20.4. The number of hydrogen-bond acceptors (Lipinski definition) is 9. The Bertz CT molecular complexity index is 707. The van der Waals surface area contributed by atoms with Gasteiger partial charge in [0.25, 0.3) is 5.69 Å². The first kappa shape index (κ1) is 23.4. The molecule has 0 radical (unpaired) electrons. The molecule has 0 amide bonds. The minimum Gasteiger partial charge on any atom is -0.478 e. The van der Waals surface area contributed by atoms with E-state index in [9.17, 15) is 14.4 Å². The van der Waals surface area contributed by atoms with Crippen LogP contribution in [0.3, 0.4) is 0 Å². The highest BCUT2D eigenvalue weighted by Gasteiger charge is 2.34. The molecule has 11 heteroatoms. The maximum Gasteiger partial charge on any atom is 0.335 e. The van der Waals surface area contributed by atoms with Crippen LogP contribution in [-0.4, -0.2) is 48.6 Å². The predicted molar refractivity (Wildman–Crippen MR) is 105 cm³/mol. The average molecular weight is 436 g/mol. The average Bonchev–Trinajstić information content (AvgIpc) is 2.62. The number of rotatable bonds is 11. The van der Waals surface area contributed by atoms with Crippen molar-refractivity contribution >= 4 is 46.8 Å². The van der Waals surface area contributed by atoms with Crippen molar-refractivity contribution in [1.82, 2.24) is 0 Å². The fourth-order valence-corrected chi connectivity index (χ4v) is 6.33. The molecular formula is C16H21O8PS2. The van der Waals surface area contributed by atoms with Gasteiger partial charge in [-0.3, -0.25) is 9.59 Å². The predicted octanol–water partition coefficient (Wildman–Crippen LogP) is 3.25. The van der Waals surface area contributed by atoms with E-state index < -0.39 is 28.9 Å². The normalized spacial score (nSPS) is 13.9. The van der Waals surface area contributed by atoms with Gasteiger partial charge in [-0.15, -0.1) is 0 Å². The molecule has 0 aromatic heterocycles. The Morgan fingerprint density at radius 3 is 2.22 bits per heavy atom. The summed E-state index contributed by atoms with van der Waals surface area (Å²) < 4.78 is 20.9. The van der Waals surface area contributed by atoms with Gasteiger partial charge in [0.05, 0.1) is 25.2 Å². The van der Waals surface area contributed by atoms with Crippen LogP contribution in [0.5, 0.6) is 5.75 Å². The topological polar surface area (TPSA) is 108 Å². The fourth-order valence-electron chi connectivity index (χ4n) is 1.82. The lowest BCUT2D eigenvalue weighted by Crippen LogP contribution is -2.25. The van der Waals surface area contributed by atoms with E-state index >= 15 is 0 Å². The third-order valence-corrected chi connectivity index (χ3v) is 8.41. The molecule has 27 heavy (non-hydrogen) atoms. The molecule has 0 heterocycles. The lowest BCUT2D eigenvalue weighted by molar-refractivity contribution is -0.149. The van der Waals surface area contributed by atoms with Crippen LogP contribution in [0.1, 0.15) is 30.6 Å². The second-order valence-electron chi connectivity index (χ2n) is 4.91. The van der Waals surface area contributed by atoms with Crippen molar-refractivity contribution in [2.45, 2.75) is 25.5 Å². The van der Waals surface area contributed by atoms with Crippen molar-refractivity contribution in [1.29, 1.82) is 0 Å². The number of carboxylic acid groups (broad SMARTS) is 1. The summed E-state index contributed by atoms with van der Waals surface area (Å²) >= 11 is 6.31. The Balaban J connectivity index is 2.95. The van der Waals surface area contributed by atoms with Crippen LogP contribution >= 0.6 is 17.1 Å². The Labute approximate surface area is 166 Å². The molecule has 0 aliphatic heterocycles. The first-order valence-electron chi connectivity index (χ1n) is 7.94. The third-order valence-electron chi connectivity index (χ3n) is 3.01. The maximum absolute atomic E-state index is 12.2. The zero-order valence-corrected chi connectivity index (χ0v) is 17.6. The number of carboxylic acids is 1. The van der Waals surface area contributed by atoms with Gasteiger partial charge in [0.15, 0.2) is 0 Å². The van der Waals surface area contributed by atoms with E-state index in [1.54, 1.807) is 13.8 Å². The summed E-state index contributed by atoms with van der Waals surface area (Å²) in [5.74, 6) is -1.96. The summed E-state index contributed by atoms with van der Waals surface area (Å²) in [5, 5.41) is 7.98. The Kier molecular flexibility index (Phi) is 9.79. The minimum atomic E-state index is -3.08. The van der Waals surface area contributed by atoms with Gasteiger partial charge in [0, 0.05) is 7.11 Å². The summed E-state index contributed by atoms with van der Waals surface area (Å²) in [6.07, 6.45) is -0.236. The molecule has 0 aliphatic rings. The lowest BCUT2D eigenvalue weighted by atomic mass is 10.2. The van der Waals surface area contributed by atoms with Crippen molar-refractivity contribution in [2.75, 3.05) is 20.3 Å². The second kappa shape index (κ2) is 11.3. The number of ether oxygens (including phenoxy) is 2. The molecule has 0 fully saturated rings. The molecule has 0 saturated carbocycles. The quantitative estimate of drug-likeness (QED) is 0.410. The highest BCUT2D eigenvalue weighted by atomic mass is 32.9. The summed E-state index contributed by atoms with van der Waals surface area (Å²) in [4.78, 5) is 34.9. The minimum absolute atomic E-state index is 0.0902. The van der Waals surface area contributed by atoms with Gasteiger partial charge in [-0.2, -0.15) is 0 Å². The molecule has 0 saturated heterocycles. The van der Waals surface area contributed by atoms with E-state index in [1.807, 2.05) is 0 Å². The summed E-state index contributed by atoms with van der Waals surface area (Å²) in [5.41, 5.74) is -2.99. The number of benzene rings is 1. The molecule has 2 unspecified atom stereocenters. The lowest BCUT2D eigenvalue weighted by Gasteiger charge is -2.24. The second-order valence-corrected chi connectivity index (χ2v) is 11.3. The van der Waals surface area contributed by atoms with Crippen molar-refractivity contribution < 1.29 is 38.0 Å². The number of hydrogen-bond donors (Lipinski definition) is 1. The van der Waals surface area contributed by atoms with Crippen LogP contribution in [0.25, 0.3) is 0 Å². The molecule has 1 aromatic rings. The van der Waals surface area contributed by atoms with Crippen LogP contribution in [0.15, 0.2) is 24.3 Å². The first-order valence-corrected chi connectivity index (χ1v) is 12.1. The molecule has 0 bridgehead atoms. The zero-order valence-electron chi connectivity index (χ0n) is 15.1. The van der Waals surface area contributed by atoms with Gasteiger partial charge in [0.1, 0.15) is 11.0 Å². The smallest absolute Gasteiger partial charge is 0.335 e. The van der Waals surface area contributed by atoms with Crippen LogP contribution in [0.2, 0.25) is 0 Å². The van der Waals surface area contributed by atoms with E-state index in [-0.39, 0.29) is 30.9 Å². The summed E-state index contributed by atoms with van der Waals surface area (Å²) in [6, 6.07) is 5.60. The molecule has 150 valence electrons. The largest absolute Gasteiger partial charge is 0.478 e. The van der Waals surface area contributed by atoms with E-state index in [2.05, 4.69) is 0 Å². The van der Waals surface area contributed by atoms with Crippen LogP contribution in [-0.2, 0) is 35.4 Å². The highest BCUT2D eigenvalue weighted by Crippen LogP contribution is 2.62. The van der Waals surface area contributed by atoms with Gasteiger partial charge < -0.3 is 23.6 Å². The molecular weight excluding hydrogens is 415 g/mol. The molecule has 0 spiro atoms. The molecule has 1 N–H and O–H groups in total. The number of esters is 2. The monoisotopic (exact) mass is 436 g/mol. The number of aromatic carboxylic acids is 1. The summed E-state index contributed by atoms with van der Waals surface area (Å²) in [7, 11) is 1.34. The van der Waals surface area contributed by atoms with Crippen molar-refractivity contribution in [3.63, 3.8) is 0 Å². The van der Waals surface area contributed by atoms with Gasteiger partial charge in [-0.1, -0.05) is 0 Å². The van der Waals surface area contributed by atoms with Gasteiger partial charge in [0.2, 0.25) is 0 Å². The molecule has 8 nitrogen and oxygen atoms in total. The number of carbonyl (C=O) groups excluding carboxylic acids is 2. The number of carbonyl (C=O) groups is 3. The van der Waals surface area contributed by atoms with E-state index in [1.165, 1.54) is 31.4 Å². The van der Waals surface area contributed by atoms with E-state index in [0.29, 0.717) is 0 Å². The highest BCUT2D eigenvalue weighted by molar-refractivity contribution is 8.68. The molecule has 0 aliphatic carbocycles. The van der Waals surface area contributed by atoms with Crippen molar-refractivity contribution in [2.24, 2.45) is 0 Å². The SMILES string of the molecule is CCOC(=O)CC(SP(=S)(OC)Oc1ccc(C(=O)O)cc1)C(=O)OCC. The molecule has 1 aromatic carbocycles. The van der Waals surface area contributed by atoms with Gasteiger partial charge >= 0.3 is 17.9 Å². The van der Waals surface area contributed by atoms with Crippen LogP contribution < -0.4 is 4.52 Å². The first-order chi connectivity index (χ1) is 12.7.